The number of benzene rings is 1. The van der Waals surface area contributed by atoms with Crippen molar-refractivity contribution in [1.82, 2.24) is 19.8 Å². The molecule has 0 unspecified atom stereocenters. The highest BCUT2D eigenvalue weighted by molar-refractivity contribution is 5.81. The van der Waals surface area contributed by atoms with Crippen molar-refractivity contribution in [3.8, 4) is 0 Å². The van der Waals surface area contributed by atoms with Gasteiger partial charge in [0.1, 0.15) is 12.4 Å². The van der Waals surface area contributed by atoms with Crippen LogP contribution in [0.2, 0.25) is 0 Å². The maximum Gasteiger partial charge on any atom is 0.240 e. The standard InChI is InChI=1S/C17H24N4O2/c1-14-19-15-5-2-3-6-16(15)21(14)13-17(22)18-7-4-8-20-9-11-23-12-10-20/h2-3,5-6H,4,7-13H2,1H3,(H,18,22). The lowest BCUT2D eigenvalue weighted by Gasteiger charge is -2.26. The fourth-order valence-electron chi connectivity index (χ4n) is 2.95. The van der Waals surface area contributed by atoms with E-state index in [2.05, 4.69) is 15.2 Å². The third kappa shape index (κ3) is 4.09. The number of rotatable bonds is 6. The largest absolute Gasteiger partial charge is 0.379 e. The van der Waals surface area contributed by atoms with E-state index < -0.39 is 0 Å². The minimum absolute atomic E-state index is 0.0400. The molecule has 23 heavy (non-hydrogen) atoms. The highest BCUT2D eigenvalue weighted by Crippen LogP contribution is 2.14. The van der Waals surface area contributed by atoms with Crippen LogP contribution in [0.1, 0.15) is 12.2 Å². The van der Waals surface area contributed by atoms with Crippen LogP contribution in [-0.2, 0) is 16.1 Å². The molecule has 1 aromatic heterocycles. The number of nitrogens with zero attached hydrogens (tertiary/aromatic N) is 3. The van der Waals surface area contributed by atoms with E-state index in [1.165, 1.54) is 0 Å². The van der Waals surface area contributed by atoms with E-state index in [4.69, 9.17) is 4.74 Å². The fourth-order valence-corrected chi connectivity index (χ4v) is 2.95. The van der Waals surface area contributed by atoms with E-state index in [9.17, 15) is 4.79 Å². The van der Waals surface area contributed by atoms with Gasteiger partial charge in [-0.3, -0.25) is 9.69 Å². The minimum Gasteiger partial charge on any atom is -0.379 e. The van der Waals surface area contributed by atoms with Gasteiger partial charge in [-0.25, -0.2) is 4.98 Å². The molecule has 124 valence electrons. The number of hydrogen-bond donors (Lipinski definition) is 1. The Kier molecular flexibility index (Phi) is 5.25. The number of amides is 1. The summed E-state index contributed by atoms with van der Waals surface area (Å²) in [5.41, 5.74) is 1.94. The first-order chi connectivity index (χ1) is 11.2. The lowest BCUT2D eigenvalue weighted by atomic mass is 10.3. The average molecular weight is 316 g/mol. The molecule has 0 aliphatic carbocycles. The molecule has 0 atom stereocenters. The maximum atomic E-state index is 12.2. The monoisotopic (exact) mass is 316 g/mol. The lowest BCUT2D eigenvalue weighted by molar-refractivity contribution is -0.121. The van der Waals surface area contributed by atoms with Crippen LogP contribution in [-0.4, -0.2) is 59.8 Å². The molecule has 3 rings (SSSR count). The quantitative estimate of drug-likeness (QED) is 0.813. The first kappa shape index (κ1) is 16.0. The molecule has 1 aliphatic heterocycles. The van der Waals surface area contributed by atoms with E-state index in [0.717, 1.165) is 56.1 Å². The van der Waals surface area contributed by atoms with E-state index in [0.29, 0.717) is 13.1 Å². The van der Waals surface area contributed by atoms with Crippen LogP contribution in [0, 0.1) is 6.92 Å². The fraction of sp³-hybridized carbons (Fsp3) is 0.529. The second kappa shape index (κ2) is 7.57. The van der Waals surface area contributed by atoms with E-state index in [1.54, 1.807) is 0 Å². The number of aryl methyl sites for hydroxylation is 1. The Hall–Kier alpha value is -1.92. The molecular weight excluding hydrogens is 292 g/mol. The number of morpholine rings is 1. The van der Waals surface area contributed by atoms with Crippen molar-refractivity contribution in [3.05, 3.63) is 30.1 Å². The molecule has 1 amide bonds. The van der Waals surface area contributed by atoms with Crippen LogP contribution in [0.4, 0.5) is 0 Å². The van der Waals surface area contributed by atoms with Gasteiger partial charge in [0, 0.05) is 19.6 Å². The van der Waals surface area contributed by atoms with Gasteiger partial charge >= 0.3 is 0 Å². The van der Waals surface area contributed by atoms with E-state index in [-0.39, 0.29) is 5.91 Å². The topological polar surface area (TPSA) is 59.4 Å². The Morgan fingerprint density at radius 1 is 1.30 bits per heavy atom. The summed E-state index contributed by atoms with van der Waals surface area (Å²) in [4.78, 5) is 19.0. The van der Waals surface area contributed by atoms with Gasteiger partial charge in [0.15, 0.2) is 0 Å². The normalized spacial score (nSPS) is 15.9. The first-order valence-electron chi connectivity index (χ1n) is 8.23. The van der Waals surface area contributed by atoms with Crippen molar-refractivity contribution < 1.29 is 9.53 Å². The minimum atomic E-state index is 0.0400. The number of imidazole rings is 1. The second-order valence-corrected chi connectivity index (χ2v) is 5.89. The predicted molar refractivity (Wildman–Crippen MR) is 89.4 cm³/mol. The molecule has 2 aromatic rings. The molecule has 6 nitrogen and oxygen atoms in total. The van der Waals surface area contributed by atoms with Crippen molar-refractivity contribution in [2.45, 2.75) is 19.9 Å². The average Bonchev–Trinajstić information content (AvgIpc) is 2.88. The van der Waals surface area contributed by atoms with Gasteiger partial charge in [-0.1, -0.05) is 12.1 Å². The maximum absolute atomic E-state index is 12.2. The summed E-state index contributed by atoms with van der Waals surface area (Å²) in [5.74, 6) is 0.910. The van der Waals surface area contributed by atoms with E-state index >= 15 is 0 Å². The molecule has 6 heteroatoms. The Balaban J connectivity index is 1.46. The second-order valence-electron chi connectivity index (χ2n) is 5.89. The lowest BCUT2D eigenvalue weighted by Crippen LogP contribution is -2.38. The number of carbonyl (C=O) groups is 1. The van der Waals surface area contributed by atoms with Crippen LogP contribution >= 0.6 is 0 Å². The van der Waals surface area contributed by atoms with Crippen molar-refractivity contribution in [3.63, 3.8) is 0 Å². The van der Waals surface area contributed by atoms with Gasteiger partial charge in [-0.2, -0.15) is 0 Å². The number of hydrogen-bond acceptors (Lipinski definition) is 4. The van der Waals surface area contributed by atoms with Crippen LogP contribution in [0.25, 0.3) is 11.0 Å². The highest BCUT2D eigenvalue weighted by atomic mass is 16.5. The highest BCUT2D eigenvalue weighted by Gasteiger charge is 2.11. The number of ether oxygens (including phenoxy) is 1. The number of aromatic nitrogens is 2. The zero-order chi connectivity index (χ0) is 16.1. The van der Waals surface area contributed by atoms with Crippen LogP contribution in [0.5, 0.6) is 0 Å². The van der Waals surface area contributed by atoms with Gasteiger partial charge in [-0.05, 0) is 32.0 Å². The van der Waals surface area contributed by atoms with Crippen LogP contribution in [0.15, 0.2) is 24.3 Å². The number of carbonyl (C=O) groups excluding carboxylic acids is 1. The Morgan fingerprint density at radius 2 is 2.09 bits per heavy atom. The SMILES string of the molecule is Cc1nc2ccccc2n1CC(=O)NCCCN1CCOCC1. The van der Waals surface area contributed by atoms with Crippen molar-refractivity contribution >= 4 is 16.9 Å². The van der Waals surface area contributed by atoms with Gasteiger partial charge in [0.25, 0.3) is 0 Å². The summed E-state index contributed by atoms with van der Waals surface area (Å²) >= 11 is 0. The summed E-state index contributed by atoms with van der Waals surface area (Å²) in [5, 5.41) is 3.01. The van der Waals surface area contributed by atoms with Gasteiger partial charge < -0.3 is 14.6 Å². The van der Waals surface area contributed by atoms with Gasteiger partial charge in [0.2, 0.25) is 5.91 Å². The van der Waals surface area contributed by atoms with Crippen molar-refractivity contribution in [2.75, 3.05) is 39.4 Å². The summed E-state index contributed by atoms with van der Waals surface area (Å²) < 4.78 is 7.29. The van der Waals surface area contributed by atoms with E-state index in [1.807, 2.05) is 35.8 Å². The number of para-hydroxylation sites is 2. The molecule has 2 heterocycles. The van der Waals surface area contributed by atoms with Gasteiger partial charge in [0.05, 0.1) is 24.2 Å². The molecule has 1 fully saturated rings. The molecule has 1 aliphatic rings. The Bertz CT molecular complexity index is 662. The predicted octanol–water partition coefficient (Wildman–Crippen LogP) is 1.18. The molecule has 0 saturated carbocycles. The molecular formula is C17H24N4O2. The molecule has 1 N–H and O–H groups in total. The molecule has 0 spiro atoms. The zero-order valence-electron chi connectivity index (χ0n) is 13.6. The van der Waals surface area contributed by atoms with Crippen molar-refractivity contribution in [2.24, 2.45) is 0 Å². The number of nitrogens with one attached hydrogen (secondary N) is 1. The van der Waals surface area contributed by atoms with Crippen LogP contribution in [0.3, 0.4) is 0 Å². The smallest absolute Gasteiger partial charge is 0.240 e. The molecule has 0 radical (unpaired) electrons. The Labute approximate surface area is 136 Å². The Morgan fingerprint density at radius 3 is 2.91 bits per heavy atom. The molecule has 0 bridgehead atoms. The first-order valence-corrected chi connectivity index (χ1v) is 8.23. The molecule has 1 aromatic carbocycles. The summed E-state index contributed by atoms with van der Waals surface area (Å²) in [6, 6.07) is 7.91. The number of fused-ring (bicyclic) bond motifs is 1. The summed E-state index contributed by atoms with van der Waals surface area (Å²) in [7, 11) is 0. The summed E-state index contributed by atoms with van der Waals surface area (Å²) in [6.07, 6.45) is 0.968. The van der Waals surface area contributed by atoms with Crippen molar-refractivity contribution in [1.29, 1.82) is 0 Å². The zero-order valence-corrected chi connectivity index (χ0v) is 13.6. The summed E-state index contributed by atoms with van der Waals surface area (Å²) in [6.45, 7) is 7.61. The van der Waals surface area contributed by atoms with Gasteiger partial charge in [-0.15, -0.1) is 0 Å². The van der Waals surface area contributed by atoms with Crippen LogP contribution < -0.4 is 5.32 Å². The third-order valence-electron chi connectivity index (χ3n) is 4.22. The molecule has 1 saturated heterocycles. The third-order valence-corrected chi connectivity index (χ3v) is 4.22.